The van der Waals surface area contributed by atoms with Gasteiger partial charge in [0.2, 0.25) is 0 Å². The summed E-state index contributed by atoms with van der Waals surface area (Å²) in [5.74, 6) is 1.68. The highest BCUT2D eigenvalue weighted by atomic mass is 16.5. The van der Waals surface area contributed by atoms with Crippen LogP contribution in [0.1, 0.15) is 44.1 Å². The van der Waals surface area contributed by atoms with Gasteiger partial charge in [-0.15, -0.1) is 0 Å². The zero-order chi connectivity index (χ0) is 14.5. The molecule has 1 fully saturated rings. The van der Waals surface area contributed by atoms with Crippen molar-refractivity contribution in [3.05, 3.63) is 23.8 Å². The average Bonchev–Trinajstić information content (AvgIpc) is 2.85. The molecule has 0 amide bonds. The fraction of sp³-hybridized carbons (Fsp3) is 0.647. The molecule has 2 aliphatic rings. The smallest absolute Gasteiger partial charge is 0.161 e. The van der Waals surface area contributed by atoms with Gasteiger partial charge in [0.25, 0.3) is 0 Å². The topological polar surface area (TPSA) is 50.7 Å². The molecular weight excluding hydrogens is 266 g/mol. The van der Waals surface area contributed by atoms with E-state index in [4.69, 9.17) is 9.47 Å². The van der Waals surface area contributed by atoms with E-state index in [2.05, 4.69) is 17.4 Å². The monoisotopic (exact) mass is 291 g/mol. The second-order valence-electron chi connectivity index (χ2n) is 6.02. The number of aliphatic hydroxyl groups is 1. The van der Waals surface area contributed by atoms with Crippen molar-refractivity contribution >= 4 is 0 Å². The molecule has 1 saturated carbocycles. The number of benzene rings is 1. The van der Waals surface area contributed by atoms with Crippen LogP contribution >= 0.6 is 0 Å². The average molecular weight is 291 g/mol. The first-order valence-electron chi connectivity index (χ1n) is 8.13. The van der Waals surface area contributed by atoms with Gasteiger partial charge < -0.3 is 19.9 Å². The molecule has 21 heavy (non-hydrogen) atoms. The number of fused-ring (bicyclic) bond motifs is 1. The van der Waals surface area contributed by atoms with E-state index < -0.39 is 0 Å². The predicted octanol–water partition coefficient (Wildman–Crippen LogP) is 2.63. The minimum Gasteiger partial charge on any atom is -0.490 e. The lowest BCUT2D eigenvalue weighted by Gasteiger charge is -2.22. The molecule has 0 saturated heterocycles. The van der Waals surface area contributed by atoms with E-state index in [0.717, 1.165) is 50.3 Å². The van der Waals surface area contributed by atoms with Gasteiger partial charge in [-0.2, -0.15) is 0 Å². The van der Waals surface area contributed by atoms with Crippen LogP contribution < -0.4 is 14.8 Å². The van der Waals surface area contributed by atoms with Gasteiger partial charge in [-0.25, -0.2) is 0 Å². The van der Waals surface area contributed by atoms with Crippen molar-refractivity contribution in [3.63, 3.8) is 0 Å². The summed E-state index contributed by atoms with van der Waals surface area (Å²) in [6, 6.07) is 6.32. The highest BCUT2D eigenvalue weighted by Crippen LogP contribution is 2.30. The zero-order valence-electron chi connectivity index (χ0n) is 12.5. The molecule has 3 rings (SSSR count). The minimum absolute atomic E-state index is 0.212. The van der Waals surface area contributed by atoms with Crippen LogP contribution in [0, 0.1) is 0 Å². The van der Waals surface area contributed by atoms with E-state index in [0.29, 0.717) is 6.61 Å². The van der Waals surface area contributed by atoms with E-state index in [1.807, 2.05) is 6.07 Å². The highest BCUT2D eigenvalue weighted by Gasteiger charge is 2.21. The Labute approximate surface area is 126 Å². The van der Waals surface area contributed by atoms with Crippen molar-refractivity contribution in [2.24, 2.45) is 0 Å². The van der Waals surface area contributed by atoms with E-state index >= 15 is 0 Å². The highest BCUT2D eigenvalue weighted by molar-refractivity contribution is 5.43. The van der Waals surface area contributed by atoms with Crippen molar-refractivity contribution in [2.75, 3.05) is 13.2 Å². The van der Waals surface area contributed by atoms with Gasteiger partial charge >= 0.3 is 0 Å². The van der Waals surface area contributed by atoms with Gasteiger partial charge in [-0.3, -0.25) is 0 Å². The fourth-order valence-corrected chi connectivity index (χ4v) is 3.09. The molecule has 1 aliphatic heterocycles. The first kappa shape index (κ1) is 14.7. The first-order valence-corrected chi connectivity index (χ1v) is 8.13. The van der Waals surface area contributed by atoms with Crippen molar-refractivity contribution < 1.29 is 14.6 Å². The maximum atomic E-state index is 10.1. The fourth-order valence-electron chi connectivity index (χ4n) is 3.09. The van der Waals surface area contributed by atoms with E-state index in [9.17, 15) is 5.11 Å². The largest absolute Gasteiger partial charge is 0.490 e. The van der Waals surface area contributed by atoms with Crippen molar-refractivity contribution in [1.29, 1.82) is 0 Å². The number of ether oxygens (including phenoxy) is 2. The molecule has 116 valence electrons. The molecule has 2 atom stereocenters. The quantitative estimate of drug-likeness (QED) is 0.841. The van der Waals surface area contributed by atoms with Crippen molar-refractivity contribution in [2.45, 2.75) is 57.2 Å². The molecule has 1 aliphatic carbocycles. The van der Waals surface area contributed by atoms with Crippen LogP contribution in [0.5, 0.6) is 11.5 Å². The number of hydrogen-bond donors (Lipinski definition) is 2. The summed E-state index contributed by atoms with van der Waals surface area (Å²) in [5, 5.41) is 13.7. The number of nitrogens with one attached hydrogen (secondary N) is 1. The maximum Gasteiger partial charge on any atom is 0.161 e. The van der Waals surface area contributed by atoms with Crippen LogP contribution in [0.4, 0.5) is 0 Å². The molecule has 4 nitrogen and oxygen atoms in total. The molecule has 4 heteroatoms. The molecule has 2 unspecified atom stereocenters. The van der Waals surface area contributed by atoms with Crippen LogP contribution in [0.25, 0.3) is 0 Å². The third kappa shape index (κ3) is 3.89. The summed E-state index contributed by atoms with van der Waals surface area (Å²) < 4.78 is 11.4. The number of rotatable bonds is 3. The third-order valence-corrected chi connectivity index (χ3v) is 4.36. The molecule has 1 aromatic rings. The van der Waals surface area contributed by atoms with Gasteiger partial charge in [0.05, 0.1) is 19.3 Å². The number of hydrogen-bond acceptors (Lipinski definition) is 4. The lowest BCUT2D eigenvalue weighted by Crippen LogP contribution is -2.38. The Kier molecular flexibility index (Phi) is 4.99. The molecular formula is C17H25NO3. The van der Waals surface area contributed by atoms with E-state index in [-0.39, 0.29) is 12.1 Å². The van der Waals surface area contributed by atoms with Gasteiger partial charge in [-0.1, -0.05) is 25.3 Å². The summed E-state index contributed by atoms with van der Waals surface area (Å²) in [5.41, 5.74) is 1.18. The second kappa shape index (κ2) is 7.14. The first-order chi connectivity index (χ1) is 10.3. The second-order valence-corrected chi connectivity index (χ2v) is 6.02. The molecule has 1 aromatic carbocycles. The summed E-state index contributed by atoms with van der Waals surface area (Å²) >= 11 is 0. The molecule has 1 heterocycles. The summed E-state index contributed by atoms with van der Waals surface area (Å²) in [6.07, 6.45) is 6.27. The van der Waals surface area contributed by atoms with Gasteiger partial charge in [0.15, 0.2) is 11.5 Å². The molecule has 0 aromatic heterocycles. The van der Waals surface area contributed by atoms with Crippen molar-refractivity contribution in [1.82, 2.24) is 5.32 Å². The Morgan fingerprint density at radius 3 is 2.71 bits per heavy atom. The lowest BCUT2D eigenvalue weighted by atomic mass is 10.1. The normalized spacial score (nSPS) is 26.0. The van der Waals surface area contributed by atoms with Gasteiger partial charge in [0.1, 0.15) is 0 Å². The van der Waals surface area contributed by atoms with E-state index in [1.165, 1.54) is 18.4 Å². The predicted molar refractivity (Wildman–Crippen MR) is 81.8 cm³/mol. The Balaban J connectivity index is 1.61. The SMILES string of the molecule is OC1CCCCCC1NCc1ccc2c(c1)OCCCO2. The van der Waals surface area contributed by atoms with Crippen LogP contribution in [0.2, 0.25) is 0 Å². The maximum absolute atomic E-state index is 10.1. The summed E-state index contributed by atoms with van der Waals surface area (Å²) in [4.78, 5) is 0. The Morgan fingerprint density at radius 1 is 1.00 bits per heavy atom. The van der Waals surface area contributed by atoms with Crippen molar-refractivity contribution in [3.8, 4) is 11.5 Å². The molecule has 2 N–H and O–H groups in total. The van der Waals surface area contributed by atoms with Crippen LogP contribution in [-0.2, 0) is 6.54 Å². The van der Waals surface area contributed by atoms with Crippen LogP contribution in [0.15, 0.2) is 18.2 Å². The molecule has 0 radical (unpaired) electrons. The molecule has 0 spiro atoms. The standard InChI is InChI=1S/C17H25NO3/c19-15-6-3-1-2-5-14(15)18-12-13-7-8-16-17(11-13)21-10-4-9-20-16/h7-8,11,14-15,18-19H,1-6,9-10,12H2. The van der Waals surface area contributed by atoms with Crippen LogP contribution in [-0.4, -0.2) is 30.5 Å². The minimum atomic E-state index is -0.215. The molecule has 0 bridgehead atoms. The summed E-state index contributed by atoms with van der Waals surface area (Å²) in [7, 11) is 0. The lowest BCUT2D eigenvalue weighted by molar-refractivity contribution is 0.119. The van der Waals surface area contributed by atoms with Gasteiger partial charge in [0, 0.05) is 19.0 Å². The van der Waals surface area contributed by atoms with Gasteiger partial charge in [-0.05, 0) is 30.5 Å². The summed E-state index contributed by atoms with van der Waals surface area (Å²) in [6.45, 7) is 2.20. The Morgan fingerprint density at radius 2 is 1.81 bits per heavy atom. The number of aliphatic hydroxyl groups excluding tert-OH is 1. The Hall–Kier alpha value is -1.26. The Bertz CT molecular complexity index is 463. The van der Waals surface area contributed by atoms with E-state index in [1.54, 1.807) is 0 Å². The third-order valence-electron chi connectivity index (χ3n) is 4.36. The zero-order valence-corrected chi connectivity index (χ0v) is 12.5. The van der Waals surface area contributed by atoms with Crippen LogP contribution in [0.3, 0.4) is 0 Å².